The Morgan fingerprint density at radius 3 is 1.91 bits per heavy atom. The largest absolute Gasteiger partial charge is 0.508 e. The minimum Gasteiger partial charge on any atom is -0.508 e. The lowest BCUT2D eigenvalue weighted by atomic mass is 9.98. The molecular weight excluding hydrogens is 544 g/mol. The fourth-order valence-corrected chi connectivity index (χ4v) is 4.86. The van der Waals surface area contributed by atoms with E-state index >= 15 is 0 Å². The number of esters is 1. The highest BCUT2D eigenvalue weighted by molar-refractivity contribution is 5.84. The number of carbonyl (C=O) groups excluding carboxylic acids is 1. The summed E-state index contributed by atoms with van der Waals surface area (Å²) in [5, 5.41) is 20.2. The maximum Gasteiger partial charge on any atom is 0.336 e. The minimum absolute atomic E-state index is 0.228. The highest BCUT2D eigenvalue weighted by Gasteiger charge is 2.14. The van der Waals surface area contributed by atoms with Gasteiger partial charge in [0, 0.05) is 11.6 Å². The number of hydrogen-bond acceptors (Lipinski definition) is 4. The minimum atomic E-state index is -0.456. The van der Waals surface area contributed by atoms with Gasteiger partial charge in [0.05, 0.1) is 0 Å². The first kappa shape index (κ1) is 36.4. The average molecular weight is 599 g/mol. The van der Waals surface area contributed by atoms with Gasteiger partial charge in [-0.05, 0) is 72.9 Å². The van der Waals surface area contributed by atoms with E-state index in [1.807, 2.05) is 66.8 Å². The molecular formula is C40H54O4. The van der Waals surface area contributed by atoms with E-state index in [4.69, 9.17) is 4.74 Å². The molecule has 4 nitrogen and oxygen atoms in total. The molecule has 0 bridgehead atoms. The fraction of sp³-hybridized carbons (Fsp3) is 0.425. The molecule has 2 aromatic carbocycles. The molecule has 0 amide bonds. The van der Waals surface area contributed by atoms with Crippen molar-refractivity contribution in [2.24, 2.45) is 11.8 Å². The zero-order valence-corrected chi connectivity index (χ0v) is 27.4. The Morgan fingerprint density at radius 2 is 1.25 bits per heavy atom. The van der Waals surface area contributed by atoms with Crippen LogP contribution in [-0.4, -0.2) is 16.2 Å². The fourth-order valence-electron chi connectivity index (χ4n) is 4.86. The molecule has 0 aliphatic heterocycles. The smallest absolute Gasteiger partial charge is 0.336 e. The summed E-state index contributed by atoms with van der Waals surface area (Å²) in [6.45, 7) is 8.98. The summed E-state index contributed by atoms with van der Waals surface area (Å²) in [5.74, 6) is 1.91. The first-order valence-corrected chi connectivity index (χ1v) is 16.4. The first-order valence-electron chi connectivity index (χ1n) is 16.4. The second-order valence-corrected chi connectivity index (χ2v) is 12.3. The second-order valence-electron chi connectivity index (χ2n) is 12.3. The summed E-state index contributed by atoms with van der Waals surface area (Å²) in [5.41, 5.74) is 2.74. The lowest BCUT2D eigenvalue weighted by Crippen LogP contribution is -2.07. The molecule has 0 saturated carbocycles. The number of rotatable bonds is 20. The number of aromatic hydroxyl groups is 2. The van der Waals surface area contributed by atoms with Gasteiger partial charge >= 0.3 is 5.97 Å². The van der Waals surface area contributed by atoms with Crippen LogP contribution in [0.5, 0.6) is 17.2 Å². The van der Waals surface area contributed by atoms with Crippen molar-refractivity contribution in [2.45, 2.75) is 98.3 Å². The molecule has 0 radical (unpaired) electrons. The van der Waals surface area contributed by atoms with Crippen molar-refractivity contribution in [3.8, 4) is 17.2 Å². The Hall–Kier alpha value is -3.79. The van der Waals surface area contributed by atoms with Crippen molar-refractivity contribution >= 4 is 12.0 Å². The molecule has 2 N–H and O–H groups in total. The van der Waals surface area contributed by atoms with E-state index in [1.54, 1.807) is 24.3 Å². The second kappa shape index (κ2) is 21.8. The number of allylic oxidation sites excluding steroid dienone is 8. The van der Waals surface area contributed by atoms with Crippen LogP contribution in [0.1, 0.15) is 102 Å². The summed E-state index contributed by atoms with van der Waals surface area (Å²) in [4.78, 5) is 12.7. The van der Waals surface area contributed by atoms with E-state index in [9.17, 15) is 15.0 Å². The van der Waals surface area contributed by atoms with E-state index in [-0.39, 0.29) is 11.5 Å². The van der Waals surface area contributed by atoms with Crippen molar-refractivity contribution in [3.05, 3.63) is 108 Å². The van der Waals surface area contributed by atoms with Gasteiger partial charge in [-0.1, -0.05) is 139 Å². The summed E-state index contributed by atoms with van der Waals surface area (Å²) in [7, 11) is 0. The molecule has 0 atom stereocenters. The quantitative estimate of drug-likeness (QED) is 0.0523. The van der Waals surface area contributed by atoms with Gasteiger partial charge in [0.1, 0.15) is 17.2 Å². The van der Waals surface area contributed by atoms with Crippen molar-refractivity contribution in [2.75, 3.05) is 0 Å². The molecule has 0 saturated heterocycles. The Labute approximate surface area is 266 Å². The van der Waals surface area contributed by atoms with Gasteiger partial charge in [0.25, 0.3) is 0 Å². The summed E-state index contributed by atoms with van der Waals surface area (Å²) >= 11 is 0. The van der Waals surface area contributed by atoms with Gasteiger partial charge in [0.15, 0.2) is 0 Å². The number of aryl methyl sites for hydroxylation is 1. The Bertz CT molecular complexity index is 1240. The van der Waals surface area contributed by atoms with Crippen LogP contribution in [0, 0.1) is 11.8 Å². The Morgan fingerprint density at radius 1 is 0.682 bits per heavy atom. The third-order valence-corrected chi connectivity index (χ3v) is 7.35. The van der Waals surface area contributed by atoms with Crippen LogP contribution < -0.4 is 4.74 Å². The molecule has 44 heavy (non-hydrogen) atoms. The number of benzene rings is 2. The number of unbranched alkanes of at least 4 members (excludes halogenated alkanes) is 5. The number of hydrogen-bond donors (Lipinski definition) is 2. The highest BCUT2D eigenvalue weighted by atomic mass is 16.5. The molecule has 0 fully saturated rings. The average Bonchev–Trinajstić information content (AvgIpc) is 2.97. The topological polar surface area (TPSA) is 66.8 Å². The predicted molar refractivity (Wildman–Crippen MR) is 186 cm³/mol. The van der Waals surface area contributed by atoms with Crippen LogP contribution in [0.15, 0.2) is 91.1 Å². The van der Waals surface area contributed by atoms with Crippen LogP contribution in [0.25, 0.3) is 6.08 Å². The third kappa shape index (κ3) is 16.7. The monoisotopic (exact) mass is 598 g/mol. The van der Waals surface area contributed by atoms with Crippen LogP contribution in [0.4, 0.5) is 0 Å². The van der Waals surface area contributed by atoms with E-state index in [1.165, 1.54) is 38.2 Å². The van der Waals surface area contributed by atoms with Crippen molar-refractivity contribution in [1.82, 2.24) is 0 Å². The van der Waals surface area contributed by atoms with Gasteiger partial charge in [-0.3, -0.25) is 0 Å². The number of phenolic OH excluding ortho intramolecular Hbond substituents is 2. The number of carbonyl (C=O) groups is 1. The molecule has 0 aliphatic rings. The van der Waals surface area contributed by atoms with E-state index in [0.29, 0.717) is 18.1 Å². The normalized spacial score (nSPS) is 12.4. The maximum atomic E-state index is 12.7. The van der Waals surface area contributed by atoms with Crippen molar-refractivity contribution < 1.29 is 19.7 Å². The summed E-state index contributed by atoms with van der Waals surface area (Å²) < 4.78 is 5.77. The standard InChI is InChI=1S/C40H54O4/c1-32(2)20-15-11-9-10-13-17-24-37-38(42)30-35(23-19-21-33(3)4)31-39(37)44-40(43)25-18-14-8-6-5-7-12-16-22-34-26-28-36(41)29-27-34/h5-8,12,14,16,18,22,25-33,41-42H,9-11,13,15,17,19-21,23-24H2,1-4H3. The lowest BCUT2D eigenvalue weighted by molar-refractivity contribution is -0.129. The molecule has 0 aromatic heterocycles. The Kier molecular flexibility index (Phi) is 18.1. The zero-order chi connectivity index (χ0) is 32.0. The van der Waals surface area contributed by atoms with Gasteiger partial charge in [-0.25, -0.2) is 4.79 Å². The Balaban J connectivity index is 1.90. The van der Waals surface area contributed by atoms with Gasteiger partial charge in [0.2, 0.25) is 0 Å². The first-order chi connectivity index (χ1) is 21.2. The molecule has 0 unspecified atom stereocenters. The van der Waals surface area contributed by atoms with Crippen LogP contribution in [0.3, 0.4) is 0 Å². The van der Waals surface area contributed by atoms with E-state index in [0.717, 1.165) is 54.7 Å². The van der Waals surface area contributed by atoms with Crippen molar-refractivity contribution in [1.29, 1.82) is 0 Å². The number of phenols is 2. The van der Waals surface area contributed by atoms with Crippen LogP contribution >= 0.6 is 0 Å². The molecule has 0 spiro atoms. The summed E-state index contributed by atoms with van der Waals surface area (Å²) in [6.07, 6.45) is 30.2. The summed E-state index contributed by atoms with van der Waals surface area (Å²) in [6, 6.07) is 10.8. The lowest BCUT2D eigenvalue weighted by Gasteiger charge is -2.14. The molecule has 238 valence electrons. The zero-order valence-electron chi connectivity index (χ0n) is 27.4. The SMILES string of the molecule is CC(C)CCCCCCCCc1c(O)cc(CCCC(C)C)cc1OC(=O)C=CC=CC=CC=CC=Cc1ccc(O)cc1. The van der Waals surface area contributed by atoms with E-state index < -0.39 is 5.97 Å². The molecule has 2 rings (SSSR count). The molecule has 2 aromatic rings. The molecule has 0 aliphatic carbocycles. The van der Waals surface area contributed by atoms with Gasteiger partial charge in [-0.2, -0.15) is 0 Å². The van der Waals surface area contributed by atoms with Crippen LogP contribution in [0.2, 0.25) is 0 Å². The van der Waals surface area contributed by atoms with E-state index in [2.05, 4.69) is 27.7 Å². The predicted octanol–water partition coefficient (Wildman–Crippen LogP) is 10.8. The third-order valence-electron chi connectivity index (χ3n) is 7.35. The van der Waals surface area contributed by atoms with Crippen LogP contribution in [-0.2, 0) is 17.6 Å². The maximum absolute atomic E-state index is 12.7. The number of ether oxygens (including phenoxy) is 1. The molecule has 0 heterocycles. The molecule has 4 heteroatoms. The highest BCUT2D eigenvalue weighted by Crippen LogP contribution is 2.33. The van der Waals surface area contributed by atoms with Gasteiger partial charge in [-0.15, -0.1) is 0 Å². The van der Waals surface area contributed by atoms with Crippen molar-refractivity contribution in [3.63, 3.8) is 0 Å². The van der Waals surface area contributed by atoms with Gasteiger partial charge < -0.3 is 14.9 Å².